The van der Waals surface area contributed by atoms with E-state index in [1.807, 2.05) is 12.1 Å². The zero-order chi connectivity index (χ0) is 14.5. The van der Waals surface area contributed by atoms with Crippen molar-refractivity contribution in [2.75, 3.05) is 5.32 Å². The van der Waals surface area contributed by atoms with Gasteiger partial charge in [0.2, 0.25) is 0 Å². The van der Waals surface area contributed by atoms with Crippen LogP contribution in [0.1, 0.15) is 37.3 Å². The summed E-state index contributed by atoms with van der Waals surface area (Å²) >= 11 is 0. The van der Waals surface area contributed by atoms with E-state index in [0.717, 1.165) is 18.2 Å². The van der Waals surface area contributed by atoms with Crippen LogP contribution in [0.3, 0.4) is 0 Å². The monoisotopic (exact) mass is 275 g/mol. The molecule has 0 amide bonds. The highest BCUT2D eigenvalue weighted by molar-refractivity contribution is 5.45. The van der Waals surface area contributed by atoms with Gasteiger partial charge in [0, 0.05) is 23.9 Å². The number of benzene rings is 2. The van der Waals surface area contributed by atoms with Crippen LogP contribution in [-0.2, 0) is 6.54 Å². The van der Waals surface area contributed by atoms with Crippen LogP contribution in [0.2, 0.25) is 0 Å². The third-order valence-electron chi connectivity index (χ3n) is 3.59. The Kier molecular flexibility index (Phi) is 4.72. The molecule has 2 aromatic rings. The van der Waals surface area contributed by atoms with E-state index in [9.17, 15) is 8.78 Å². The molecule has 0 spiro atoms. The Morgan fingerprint density at radius 3 is 2.35 bits per heavy atom. The van der Waals surface area contributed by atoms with E-state index in [1.165, 1.54) is 17.7 Å². The van der Waals surface area contributed by atoms with Crippen molar-refractivity contribution >= 4 is 5.69 Å². The average Bonchev–Trinajstić information content (AvgIpc) is 2.46. The lowest BCUT2D eigenvalue weighted by Crippen LogP contribution is -2.02. The lowest BCUT2D eigenvalue weighted by Gasteiger charge is -2.11. The Morgan fingerprint density at radius 1 is 1.05 bits per heavy atom. The third-order valence-corrected chi connectivity index (χ3v) is 3.59. The van der Waals surface area contributed by atoms with Crippen LogP contribution in [0.5, 0.6) is 0 Å². The molecule has 20 heavy (non-hydrogen) atoms. The Hall–Kier alpha value is -1.90. The van der Waals surface area contributed by atoms with Crippen LogP contribution in [0.4, 0.5) is 14.5 Å². The Balaban J connectivity index is 2.00. The molecule has 0 fully saturated rings. The fourth-order valence-electron chi connectivity index (χ4n) is 2.03. The number of rotatable bonds is 5. The van der Waals surface area contributed by atoms with Gasteiger partial charge < -0.3 is 5.32 Å². The number of anilines is 1. The first-order valence-corrected chi connectivity index (χ1v) is 6.88. The van der Waals surface area contributed by atoms with Gasteiger partial charge in [0.1, 0.15) is 11.6 Å². The molecule has 106 valence electrons. The summed E-state index contributed by atoms with van der Waals surface area (Å²) in [5.41, 5.74) is 2.68. The summed E-state index contributed by atoms with van der Waals surface area (Å²) in [7, 11) is 0. The molecule has 0 bridgehead atoms. The zero-order valence-electron chi connectivity index (χ0n) is 11.8. The zero-order valence-corrected chi connectivity index (χ0v) is 11.8. The van der Waals surface area contributed by atoms with Crippen molar-refractivity contribution in [1.82, 2.24) is 0 Å². The normalized spacial score (nSPS) is 12.2. The summed E-state index contributed by atoms with van der Waals surface area (Å²) in [6.45, 7) is 4.69. The van der Waals surface area contributed by atoms with Gasteiger partial charge in [-0.25, -0.2) is 8.78 Å². The van der Waals surface area contributed by atoms with E-state index in [2.05, 4.69) is 31.3 Å². The molecule has 0 heterocycles. The van der Waals surface area contributed by atoms with Gasteiger partial charge in [0.25, 0.3) is 0 Å². The average molecular weight is 275 g/mol. The predicted octanol–water partition coefficient (Wildman–Crippen LogP) is 5.09. The molecule has 1 atom stereocenters. The molecule has 0 aliphatic carbocycles. The van der Waals surface area contributed by atoms with Crippen molar-refractivity contribution < 1.29 is 8.78 Å². The summed E-state index contributed by atoms with van der Waals surface area (Å²) in [6.07, 6.45) is 1.10. The first-order chi connectivity index (χ1) is 9.60. The van der Waals surface area contributed by atoms with Crippen molar-refractivity contribution in [1.29, 1.82) is 0 Å². The molecular weight excluding hydrogens is 256 g/mol. The topological polar surface area (TPSA) is 12.0 Å². The maximum absolute atomic E-state index is 13.5. The standard InChI is InChI=1S/C17H19F2N/c1-3-12(2)13-5-8-16(9-6-13)20-11-14-4-7-15(18)10-17(14)19/h4-10,12,20H,3,11H2,1-2H3. The molecule has 0 aliphatic heterocycles. The summed E-state index contributed by atoms with van der Waals surface area (Å²) in [4.78, 5) is 0. The third kappa shape index (κ3) is 3.56. The van der Waals surface area contributed by atoms with E-state index in [-0.39, 0.29) is 0 Å². The molecule has 1 N–H and O–H groups in total. The van der Waals surface area contributed by atoms with Crippen LogP contribution < -0.4 is 5.32 Å². The van der Waals surface area contributed by atoms with Gasteiger partial charge in [-0.05, 0) is 36.1 Å². The van der Waals surface area contributed by atoms with Crippen molar-refractivity contribution in [3.63, 3.8) is 0 Å². The Morgan fingerprint density at radius 2 is 1.75 bits per heavy atom. The highest BCUT2D eigenvalue weighted by Crippen LogP contribution is 2.21. The predicted molar refractivity (Wildman–Crippen MR) is 78.8 cm³/mol. The minimum Gasteiger partial charge on any atom is -0.381 e. The number of hydrogen-bond donors (Lipinski definition) is 1. The maximum Gasteiger partial charge on any atom is 0.131 e. The van der Waals surface area contributed by atoms with Crippen molar-refractivity contribution in [2.45, 2.75) is 32.7 Å². The number of halogens is 2. The fraction of sp³-hybridized carbons (Fsp3) is 0.294. The molecular formula is C17H19F2N. The Bertz CT molecular complexity index is 564. The van der Waals surface area contributed by atoms with E-state index < -0.39 is 11.6 Å². The molecule has 0 aliphatic rings. The summed E-state index contributed by atoms with van der Waals surface area (Å²) in [6, 6.07) is 11.8. The number of hydrogen-bond acceptors (Lipinski definition) is 1. The van der Waals surface area contributed by atoms with Gasteiger partial charge in [-0.1, -0.05) is 32.0 Å². The lowest BCUT2D eigenvalue weighted by molar-refractivity contribution is 0.574. The molecule has 0 radical (unpaired) electrons. The fourth-order valence-corrected chi connectivity index (χ4v) is 2.03. The van der Waals surface area contributed by atoms with Gasteiger partial charge in [0.05, 0.1) is 0 Å². The largest absolute Gasteiger partial charge is 0.381 e. The SMILES string of the molecule is CCC(C)c1ccc(NCc2ccc(F)cc2F)cc1. The van der Waals surface area contributed by atoms with E-state index in [4.69, 9.17) is 0 Å². The lowest BCUT2D eigenvalue weighted by atomic mass is 9.99. The highest BCUT2D eigenvalue weighted by Gasteiger charge is 2.05. The van der Waals surface area contributed by atoms with Gasteiger partial charge >= 0.3 is 0 Å². The van der Waals surface area contributed by atoms with Gasteiger partial charge in [-0.2, -0.15) is 0 Å². The Labute approximate surface area is 118 Å². The first kappa shape index (κ1) is 14.5. The molecule has 0 saturated carbocycles. The highest BCUT2D eigenvalue weighted by atomic mass is 19.1. The van der Waals surface area contributed by atoms with Crippen molar-refractivity contribution in [3.05, 3.63) is 65.2 Å². The number of nitrogens with one attached hydrogen (secondary N) is 1. The second kappa shape index (κ2) is 6.51. The second-order valence-electron chi connectivity index (χ2n) is 5.02. The smallest absolute Gasteiger partial charge is 0.131 e. The molecule has 2 aromatic carbocycles. The molecule has 3 heteroatoms. The summed E-state index contributed by atoms with van der Waals surface area (Å²) in [5.74, 6) is -0.531. The molecule has 0 aromatic heterocycles. The summed E-state index contributed by atoms with van der Waals surface area (Å²) in [5, 5.41) is 3.14. The second-order valence-corrected chi connectivity index (χ2v) is 5.02. The van der Waals surface area contributed by atoms with Gasteiger partial charge in [0.15, 0.2) is 0 Å². The van der Waals surface area contributed by atoms with E-state index in [1.54, 1.807) is 0 Å². The maximum atomic E-state index is 13.5. The van der Waals surface area contributed by atoms with Gasteiger partial charge in [-0.3, -0.25) is 0 Å². The molecule has 0 saturated heterocycles. The summed E-state index contributed by atoms with van der Waals surface area (Å²) < 4.78 is 26.3. The van der Waals surface area contributed by atoms with Crippen LogP contribution in [0, 0.1) is 11.6 Å². The van der Waals surface area contributed by atoms with Crippen LogP contribution >= 0.6 is 0 Å². The molecule has 1 nitrogen and oxygen atoms in total. The van der Waals surface area contributed by atoms with E-state index >= 15 is 0 Å². The minimum absolute atomic E-state index is 0.342. The van der Waals surface area contributed by atoms with E-state index in [0.29, 0.717) is 18.0 Å². The van der Waals surface area contributed by atoms with Crippen molar-refractivity contribution in [2.24, 2.45) is 0 Å². The van der Waals surface area contributed by atoms with Crippen molar-refractivity contribution in [3.8, 4) is 0 Å². The quantitative estimate of drug-likeness (QED) is 0.801. The van der Waals surface area contributed by atoms with Crippen LogP contribution in [0.15, 0.2) is 42.5 Å². The first-order valence-electron chi connectivity index (χ1n) is 6.88. The van der Waals surface area contributed by atoms with Gasteiger partial charge in [-0.15, -0.1) is 0 Å². The molecule has 1 unspecified atom stereocenters. The molecule has 2 rings (SSSR count). The van der Waals surface area contributed by atoms with Crippen LogP contribution in [0.25, 0.3) is 0 Å². The minimum atomic E-state index is -0.552. The van der Waals surface area contributed by atoms with Crippen LogP contribution in [-0.4, -0.2) is 0 Å².